The molecule has 3 nitrogen and oxygen atoms in total. The van der Waals surface area contributed by atoms with Gasteiger partial charge in [-0.15, -0.1) is 0 Å². The lowest BCUT2D eigenvalue weighted by Crippen LogP contribution is -2.12. The Hall–Kier alpha value is -1.68. The molecule has 2 aromatic rings. The van der Waals surface area contributed by atoms with Gasteiger partial charge in [0.05, 0.1) is 7.11 Å². The number of halogens is 1. The first kappa shape index (κ1) is 14.7. The summed E-state index contributed by atoms with van der Waals surface area (Å²) < 4.78 is 11.9. The van der Waals surface area contributed by atoms with Gasteiger partial charge in [-0.05, 0) is 55.0 Å². The Morgan fingerprint density at radius 3 is 2.40 bits per heavy atom. The minimum absolute atomic E-state index is 0.613. The van der Waals surface area contributed by atoms with Crippen LogP contribution in [0.3, 0.4) is 0 Å². The molecular weight excluding hydrogens is 318 g/mol. The largest absolute Gasteiger partial charge is 0.497 e. The van der Waals surface area contributed by atoms with Crippen molar-refractivity contribution in [1.29, 1.82) is 0 Å². The second-order valence-electron chi connectivity index (χ2n) is 4.41. The summed E-state index contributed by atoms with van der Waals surface area (Å²) in [5, 5.41) is 3.36. The third-order valence-corrected chi connectivity index (χ3v) is 3.43. The number of anilines is 1. The minimum Gasteiger partial charge on any atom is -0.497 e. The Bertz CT molecular complexity index is 555. The molecule has 0 saturated heterocycles. The Morgan fingerprint density at radius 1 is 1.05 bits per heavy atom. The zero-order chi connectivity index (χ0) is 14.4. The summed E-state index contributed by atoms with van der Waals surface area (Å²) in [7, 11) is 1.65. The van der Waals surface area contributed by atoms with E-state index in [9.17, 15) is 0 Å². The van der Waals surface area contributed by atoms with E-state index in [4.69, 9.17) is 9.47 Å². The van der Waals surface area contributed by atoms with Crippen molar-refractivity contribution < 1.29 is 9.47 Å². The molecule has 0 aliphatic rings. The van der Waals surface area contributed by atoms with Crippen molar-refractivity contribution in [3.05, 3.63) is 52.5 Å². The second-order valence-corrected chi connectivity index (χ2v) is 5.33. The maximum absolute atomic E-state index is 5.66. The zero-order valence-electron chi connectivity index (χ0n) is 11.7. The average molecular weight is 336 g/mol. The first-order chi connectivity index (χ1) is 9.69. The van der Waals surface area contributed by atoms with E-state index in [0.29, 0.717) is 6.61 Å². The molecule has 4 heteroatoms. The molecule has 106 valence electrons. The zero-order valence-corrected chi connectivity index (χ0v) is 13.2. The van der Waals surface area contributed by atoms with Gasteiger partial charge in [-0.2, -0.15) is 0 Å². The third-order valence-electron chi connectivity index (χ3n) is 2.93. The van der Waals surface area contributed by atoms with E-state index < -0.39 is 0 Å². The molecule has 0 aromatic heterocycles. The molecule has 0 amide bonds. The minimum atomic E-state index is 0.613. The lowest BCUT2D eigenvalue weighted by Gasteiger charge is -2.11. The number of ether oxygens (including phenoxy) is 2. The maximum atomic E-state index is 5.66. The van der Waals surface area contributed by atoms with Crippen molar-refractivity contribution in [2.24, 2.45) is 0 Å². The van der Waals surface area contributed by atoms with Crippen LogP contribution < -0.4 is 14.8 Å². The van der Waals surface area contributed by atoms with Crippen LogP contribution in [0, 0.1) is 6.92 Å². The predicted molar refractivity (Wildman–Crippen MR) is 85.9 cm³/mol. The number of nitrogens with one attached hydrogen (secondary N) is 1. The quantitative estimate of drug-likeness (QED) is 0.800. The topological polar surface area (TPSA) is 30.5 Å². The van der Waals surface area contributed by atoms with Gasteiger partial charge >= 0.3 is 0 Å². The van der Waals surface area contributed by atoms with Crippen LogP contribution in [0.15, 0.2) is 46.9 Å². The predicted octanol–water partition coefficient (Wildman–Crippen LogP) is 4.26. The number of hydrogen-bond acceptors (Lipinski definition) is 3. The van der Waals surface area contributed by atoms with Crippen LogP contribution in [0.2, 0.25) is 0 Å². The fraction of sp³-hybridized carbons (Fsp3) is 0.250. The van der Waals surface area contributed by atoms with Gasteiger partial charge in [0.25, 0.3) is 0 Å². The molecule has 20 heavy (non-hydrogen) atoms. The molecular formula is C16H18BrNO2. The van der Waals surface area contributed by atoms with Crippen LogP contribution in [0.1, 0.15) is 5.56 Å². The van der Waals surface area contributed by atoms with Crippen molar-refractivity contribution in [3.63, 3.8) is 0 Å². The van der Waals surface area contributed by atoms with Gasteiger partial charge in [0.2, 0.25) is 0 Å². The van der Waals surface area contributed by atoms with E-state index in [2.05, 4.69) is 40.3 Å². The summed E-state index contributed by atoms with van der Waals surface area (Å²) in [4.78, 5) is 0. The number of aryl methyl sites for hydroxylation is 1. The number of hydrogen-bond donors (Lipinski definition) is 1. The van der Waals surface area contributed by atoms with Crippen molar-refractivity contribution in [2.45, 2.75) is 6.92 Å². The third kappa shape index (κ3) is 4.17. The maximum Gasteiger partial charge on any atom is 0.119 e. The molecule has 2 rings (SSSR count). The summed E-state index contributed by atoms with van der Waals surface area (Å²) in [6.45, 7) is 3.45. The fourth-order valence-electron chi connectivity index (χ4n) is 1.85. The second kappa shape index (κ2) is 7.20. The molecule has 0 spiro atoms. The van der Waals surface area contributed by atoms with Crippen molar-refractivity contribution >= 4 is 21.6 Å². The molecule has 0 fully saturated rings. The van der Waals surface area contributed by atoms with E-state index in [0.717, 1.165) is 28.2 Å². The monoisotopic (exact) mass is 335 g/mol. The summed E-state index contributed by atoms with van der Waals surface area (Å²) in [5.41, 5.74) is 2.34. The smallest absolute Gasteiger partial charge is 0.119 e. The van der Waals surface area contributed by atoms with E-state index in [-0.39, 0.29) is 0 Å². The highest BCUT2D eigenvalue weighted by Crippen LogP contribution is 2.20. The average Bonchev–Trinajstić information content (AvgIpc) is 2.46. The van der Waals surface area contributed by atoms with Crippen LogP contribution in [0.4, 0.5) is 5.69 Å². The van der Waals surface area contributed by atoms with Gasteiger partial charge in [0.1, 0.15) is 18.1 Å². The van der Waals surface area contributed by atoms with E-state index in [1.807, 2.05) is 30.3 Å². The summed E-state index contributed by atoms with van der Waals surface area (Å²) in [6, 6.07) is 13.8. The van der Waals surface area contributed by atoms with Crippen molar-refractivity contribution in [2.75, 3.05) is 25.6 Å². The van der Waals surface area contributed by atoms with Gasteiger partial charge in [-0.25, -0.2) is 0 Å². The first-order valence-electron chi connectivity index (χ1n) is 6.46. The van der Waals surface area contributed by atoms with Crippen LogP contribution >= 0.6 is 15.9 Å². The van der Waals surface area contributed by atoms with Crippen LogP contribution in [0.25, 0.3) is 0 Å². The highest BCUT2D eigenvalue weighted by molar-refractivity contribution is 9.10. The van der Waals surface area contributed by atoms with Crippen molar-refractivity contribution in [3.8, 4) is 11.5 Å². The van der Waals surface area contributed by atoms with Crippen LogP contribution in [-0.4, -0.2) is 20.3 Å². The summed E-state index contributed by atoms with van der Waals surface area (Å²) in [5.74, 6) is 1.68. The van der Waals surface area contributed by atoms with E-state index >= 15 is 0 Å². The first-order valence-corrected chi connectivity index (χ1v) is 7.25. The van der Waals surface area contributed by atoms with Gasteiger partial charge in [-0.1, -0.05) is 15.9 Å². The number of rotatable bonds is 6. The van der Waals surface area contributed by atoms with Gasteiger partial charge < -0.3 is 14.8 Å². The molecule has 0 heterocycles. The normalized spacial score (nSPS) is 10.2. The molecule has 1 N–H and O–H groups in total. The van der Waals surface area contributed by atoms with E-state index in [1.165, 1.54) is 5.56 Å². The molecule has 0 radical (unpaired) electrons. The molecule has 2 aromatic carbocycles. The fourth-order valence-corrected chi connectivity index (χ4v) is 2.33. The summed E-state index contributed by atoms with van der Waals surface area (Å²) in [6.07, 6.45) is 0. The van der Waals surface area contributed by atoms with Gasteiger partial charge in [0.15, 0.2) is 0 Å². The molecule has 0 bridgehead atoms. The SMILES string of the molecule is COc1ccc(OCCNc2ccc(Br)cc2C)cc1. The Balaban J connectivity index is 1.78. The molecule has 0 atom stereocenters. The number of benzene rings is 2. The Kier molecular flexibility index (Phi) is 5.30. The molecule has 0 unspecified atom stereocenters. The summed E-state index contributed by atoms with van der Waals surface area (Å²) >= 11 is 3.46. The molecule has 0 aliphatic carbocycles. The van der Waals surface area contributed by atoms with Gasteiger partial charge in [0, 0.05) is 16.7 Å². The van der Waals surface area contributed by atoms with Gasteiger partial charge in [-0.3, -0.25) is 0 Å². The van der Waals surface area contributed by atoms with Crippen LogP contribution in [-0.2, 0) is 0 Å². The lowest BCUT2D eigenvalue weighted by atomic mass is 10.2. The Labute approximate surface area is 128 Å². The lowest BCUT2D eigenvalue weighted by molar-refractivity contribution is 0.331. The molecule has 0 saturated carbocycles. The highest BCUT2D eigenvalue weighted by Gasteiger charge is 1.99. The standard InChI is InChI=1S/C16H18BrNO2/c1-12-11-13(17)3-8-16(12)18-9-10-20-15-6-4-14(19-2)5-7-15/h3-8,11,18H,9-10H2,1-2H3. The highest BCUT2D eigenvalue weighted by atomic mass is 79.9. The van der Waals surface area contributed by atoms with E-state index in [1.54, 1.807) is 7.11 Å². The molecule has 0 aliphatic heterocycles. The Morgan fingerprint density at radius 2 is 1.75 bits per heavy atom. The number of methoxy groups -OCH3 is 1. The van der Waals surface area contributed by atoms with Crippen LogP contribution in [0.5, 0.6) is 11.5 Å². The van der Waals surface area contributed by atoms with Crippen molar-refractivity contribution in [1.82, 2.24) is 0 Å².